The van der Waals surface area contributed by atoms with E-state index in [4.69, 9.17) is 16.0 Å². The Morgan fingerprint density at radius 1 is 1.42 bits per heavy atom. The predicted octanol–water partition coefficient (Wildman–Crippen LogP) is 0.614. The van der Waals surface area contributed by atoms with Gasteiger partial charge < -0.3 is 16.0 Å². The Morgan fingerprint density at radius 3 is 2.89 bits per heavy atom. The predicted molar refractivity (Wildman–Crippen MR) is 70.2 cm³/mol. The standard InChI is InChI=1S/C13H17N3O3/c14-13(15-19)10-2-1-9-3-5-16(6-4-12(17)18)8-11(9)7-10/h1-2,7,19H,3-6,8H2,(H2,14,15)(H,17,18). The average Bonchev–Trinajstić information content (AvgIpc) is 2.43. The van der Waals surface area contributed by atoms with Crippen LogP contribution in [0, 0.1) is 0 Å². The summed E-state index contributed by atoms with van der Waals surface area (Å²) in [5.74, 6) is -0.693. The molecule has 102 valence electrons. The average molecular weight is 263 g/mol. The monoisotopic (exact) mass is 263 g/mol. The molecule has 0 amide bonds. The Labute approximate surface area is 111 Å². The van der Waals surface area contributed by atoms with Crippen LogP contribution < -0.4 is 5.73 Å². The van der Waals surface area contributed by atoms with E-state index in [0.29, 0.717) is 18.7 Å². The van der Waals surface area contributed by atoms with E-state index in [-0.39, 0.29) is 12.3 Å². The molecule has 1 aliphatic heterocycles. The third kappa shape index (κ3) is 3.23. The molecule has 0 aromatic heterocycles. The first-order valence-corrected chi connectivity index (χ1v) is 6.14. The Kier molecular flexibility index (Phi) is 4.01. The summed E-state index contributed by atoms with van der Waals surface area (Å²) >= 11 is 0. The highest BCUT2D eigenvalue weighted by Gasteiger charge is 2.17. The van der Waals surface area contributed by atoms with E-state index in [1.54, 1.807) is 0 Å². The van der Waals surface area contributed by atoms with Gasteiger partial charge in [-0.2, -0.15) is 0 Å². The molecule has 0 bridgehead atoms. The van der Waals surface area contributed by atoms with Gasteiger partial charge in [0.1, 0.15) is 0 Å². The van der Waals surface area contributed by atoms with E-state index in [1.807, 2.05) is 18.2 Å². The fourth-order valence-electron chi connectivity index (χ4n) is 2.28. The number of nitrogens with two attached hydrogens (primary N) is 1. The number of carbonyl (C=O) groups is 1. The number of rotatable bonds is 4. The summed E-state index contributed by atoms with van der Waals surface area (Å²) in [7, 11) is 0. The SMILES string of the molecule is N/C(=N\O)c1ccc2c(c1)CN(CCC(=O)O)CC2. The molecule has 1 aliphatic rings. The summed E-state index contributed by atoms with van der Waals surface area (Å²) in [6.07, 6.45) is 1.04. The molecule has 0 fully saturated rings. The molecule has 0 aliphatic carbocycles. The number of nitrogens with zero attached hydrogens (tertiary/aromatic N) is 2. The summed E-state index contributed by atoms with van der Waals surface area (Å²) in [5, 5.41) is 20.4. The van der Waals surface area contributed by atoms with Gasteiger partial charge in [-0.05, 0) is 23.6 Å². The second-order valence-electron chi connectivity index (χ2n) is 4.64. The molecule has 0 spiro atoms. The highest BCUT2D eigenvalue weighted by atomic mass is 16.4. The smallest absolute Gasteiger partial charge is 0.304 e. The normalized spacial score (nSPS) is 16.1. The first-order valence-electron chi connectivity index (χ1n) is 6.14. The second kappa shape index (κ2) is 5.71. The molecule has 0 saturated heterocycles. The fraction of sp³-hybridized carbons (Fsp3) is 0.385. The van der Waals surface area contributed by atoms with Crippen LogP contribution in [0.3, 0.4) is 0 Å². The third-order valence-electron chi connectivity index (χ3n) is 3.34. The highest BCUT2D eigenvalue weighted by Crippen LogP contribution is 2.20. The maximum absolute atomic E-state index is 10.6. The lowest BCUT2D eigenvalue weighted by atomic mass is 9.97. The second-order valence-corrected chi connectivity index (χ2v) is 4.64. The molecule has 1 aromatic carbocycles. The number of carboxylic acids is 1. The third-order valence-corrected chi connectivity index (χ3v) is 3.34. The van der Waals surface area contributed by atoms with E-state index in [1.165, 1.54) is 5.56 Å². The van der Waals surface area contributed by atoms with Crippen LogP contribution in [0.4, 0.5) is 0 Å². The van der Waals surface area contributed by atoms with Crippen molar-refractivity contribution in [2.45, 2.75) is 19.4 Å². The molecule has 2 rings (SSSR count). The number of fused-ring (bicyclic) bond motifs is 1. The van der Waals surface area contributed by atoms with Gasteiger partial charge in [0, 0.05) is 25.2 Å². The van der Waals surface area contributed by atoms with Crippen molar-refractivity contribution in [2.75, 3.05) is 13.1 Å². The minimum absolute atomic E-state index is 0.0884. The number of hydrogen-bond acceptors (Lipinski definition) is 4. The zero-order valence-corrected chi connectivity index (χ0v) is 10.5. The van der Waals surface area contributed by atoms with Gasteiger partial charge in [0.2, 0.25) is 0 Å². The maximum Gasteiger partial charge on any atom is 0.304 e. The number of hydrogen-bond donors (Lipinski definition) is 3. The Hall–Kier alpha value is -2.08. The maximum atomic E-state index is 10.6. The number of aliphatic carboxylic acids is 1. The molecule has 0 saturated carbocycles. The Balaban J connectivity index is 2.12. The van der Waals surface area contributed by atoms with Crippen molar-refractivity contribution < 1.29 is 15.1 Å². The zero-order chi connectivity index (χ0) is 13.8. The molecular weight excluding hydrogens is 246 g/mol. The van der Waals surface area contributed by atoms with Gasteiger partial charge in [-0.1, -0.05) is 17.3 Å². The molecule has 6 nitrogen and oxygen atoms in total. The van der Waals surface area contributed by atoms with E-state index in [9.17, 15) is 4.79 Å². The quantitative estimate of drug-likeness (QED) is 0.320. The van der Waals surface area contributed by atoms with E-state index >= 15 is 0 Å². The van der Waals surface area contributed by atoms with Gasteiger partial charge in [0.15, 0.2) is 5.84 Å². The summed E-state index contributed by atoms with van der Waals surface area (Å²) in [6.45, 7) is 2.11. The minimum atomic E-state index is -0.781. The van der Waals surface area contributed by atoms with Crippen molar-refractivity contribution >= 4 is 11.8 Å². The molecule has 1 aromatic rings. The van der Waals surface area contributed by atoms with Gasteiger partial charge in [-0.25, -0.2) is 0 Å². The van der Waals surface area contributed by atoms with E-state index in [2.05, 4.69) is 10.1 Å². The molecule has 1 heterocycles. The number of carboxylic acid groups (broad SMARTS) is 1. The number of amidine groups is 1. The lowest BCUT2D eigenvalue weighted by molar-refractivity contribution is -0.137. The van der Waals surface area contributed by atoms with Crippen LogP contribution >= 0.6 is 0 Å². The van der Waals surface area contributed by atoms with Crippen molar-refractivity contribution in [1.82, 2.24) is 4.90 Å². The summed E-state index contributed by atoms with van der Waals surface area (Å²) in [4.78, 5) is 12.7. The van der Waals surface area contributed by atoms with Crippen LogP contribution in [0.1, 0.15) is 23.1 Å². The van der Waals surface area contributed by atoms with Crippen LogP contribution in [0.5, 0.6) is 0 Å². The molecule has 19 heavy (non-hydrogen) atoms. The topological polar surface area (TPSA) is 99.2 Å². The van der Waals surface area contributed by atoms with Gasteiger partial charge >= 0.3 is 5.97 Å². The minimum Gasteiger partial charge on any atom is -0.481 e. The van der Waals surface area contributed by atoms with Gasteiger partial charge in [-0.15, -0.1) is 0 Å². The van der Waals surface area contributed by atoms with E-state index in [0.717, 1.165) is 18.5 Å². The summed E-state index contributed by atoms with van der Waals surface area (Å²) in [6, 6.07) is 5.72. The van der Waals surface area contributed by atoms with Crippen LogP contribution in [0.15, 0.2) is 23.4 Å². The molecule has 0 unspecified atom stereocenters. The Morgan fingerprint density at radius 2 is 2.21 bits per heavy atom. The van der Waals surface area contributed by atoms with Crippen molar-refractivity contribution in [3.8, 4) is 0 Å². The lowest BCUT2D eigenvalue weighted by Gasteiger charge is -2.28. The summed E-state index contributed by atoms with van der Waals surface area (Å²) in [5.41, 5.74) is 8.60. The van der Waals surface area contributed by atoms with Crippen molar-refractivity contribution in [2.24, 2.45) is 10.9 Å². The van der Waals surface area contributed by atoms with Crippen molar-refractivity contribution in [1.29, 1.82) is 0 Å². The van der Waals surface area contributed by atoms with Gasteiger partial charge in [0.25, 0.3) is 0 Å². The molecule has 6 heteroatoms. The largest absolute Gasteiger partial charge is 0.481 e. The van der Waals surface area contributed by atoms with Gasteiger partial charge in [0.05, 0.1) is 6.42 Å². The zero-order valence-electron chi connectivity index (χ0n) is 10.5. The molecule has 4 N–H and O–H groups in total. The van der Waals surface area contributed by atoms with Crippen LogP contribution in [-0.4, -0.2) is 40.1 Å². The number of benzene rings is 1. The summed E-state index contributed by atoms with van der Waals surface area (Å²) < 4.78 is 0. The lowest BCUT2D eigenvalue weighted by Crippen LogP contribution is -2.32. The van der Waals surface area contributed by atoms with Crippen molar-refractivity contribution in [3.05, 3.63) is 34.9 Å². The number of oxime groups is 1. The molecular formula is C13H17N3O3. The van der Waals surface area contributed by atoms with Gasteiger partial charge in [-0.3, -0.25) is 9.69 Å². The first-order chi connectivity index (χ1) is 9.10. The van der Waals surface area contributed by atoms with Crippen LogP contribution in [0.25, 0.3) is 0 Å². The first kappa shape index (κ1) is 13.4. The van der Waals surface area contributed by atoms with Crippen LogP contribution in [-0.2, 0) is 17.8 Å². The van der Waals surface area contributed by atoms with Crippen molar-refractivity contribution in [3.63, 3.8) is 0 Å². The molecule has 0 radical (unpaired) electrons. The Bertz CT molecular complexity index is 514. The highest BCUT2D eigenvalue weighted by molar-refractivity contribution is 5.97. The van der Waals surface area contributed by atoms with E-state index < -0.39 is 5.97 Å². The van der Waals surface area contributed by atoms with Crippen LogP contribution in [0.2, 0.25) is 0 Å². The fourth-order valence-corrected chi connectivity index (χ4v) is 2.28. The molecule has 0 atom stereocenters.